The van der Waals surface area contributed by atoms with Gasteiger partial charge in [0, 0.05) is 56.9 Å². The lowest BCUT2D eigenvalue weighted by molar-refractivity contribution is 0.274. The molecule has 33 heavy (non-hydrogen) atoms. The molecule has 0 atom stereocenters. The van der Waals surface area contributed by atoms with Crippen molar-refractivity contribution < 1.29 is 0 Å². The normalized spacial score (nSPS) is 19.9. The summed E-state index contributed by atoms with van der Waals surface area (Å²) >= 11 is 0. The fraction of sp³-hybridized carbons (Fsp3) is 0.538. The van der Waals surface area contributed by atoms with Crippen LogP contribution < -0.4 is 16.0 Å². The van der Waals surface area contributed by atoms with Crippen molar-refractivity contribution in [2.75, 3.05) is 50.4 Å². The molecule has 1 aromatic heterocycles. The zero-order chi connectivity index (χ0) is 22.8. The minimum atomic E-state index is 0.339. The Kier molecular flexibility index (Phi) is 6.40. The highest BCUT2D eigenvalue weighted by molar-refractivity contribution is 5.66. The molecule has 3 aliphatic rings. The maximum atomic E-state index is 6.13. The van der Waals surface area contributed by atoms with E-state index in [4.69, 9.17) is 5.73 Å². The van der Waals surface area contributed by atoms with E-state index in [1.165, 1.54) is 43.2 Å². The van der Waals surface area contributed by atoms with Crippen molar-refractivity contribution in [3.63, 3.8) is 0 Å². The summed E-state index contributed by atoms with van der Waals surface area (Å²) in [6.45, 7) is 10.3. The molecule has 176 valence electrons. The van der Waals surface area contributed by atoms with E-state index in [-0.39, 0.29) is 0 Å². The van der Waals surface area contributed by atoms with Gasteiger partial charge in [-0.15, -0.1) is 0 Å². The maximum absolute atomic E-state index is 6.13. The Hall–Kier alpha value is -2.80. The highest BCUT2D eigenvalue weighted by atomic mass is 15.3. The van der Waals surface area contributed by atoms with Crippen molar-refractivity contribution in [1.82, 2.24) is 25.1 Å². The number of hydrogen-bond acceptors (Lipinski definition) is 7. The SMILES string of the molecule is C=C(NC1CCCCC1)N1CCc2ccc(-c3cc(N4CCN(C)CC4)nc(N)n3)cc2C1. The van der Waals surface area contributed by atoms with Gasteiger partial charge in [0.2, 0.25) is 5.95 Å². The molecule has 3 heterocycles. The van der Waals surface area contributed by atoms with E-state index < -0.39 is 0 Å². The Morgan fingerprint density at radius 1 is 1.00 bits per heavy atom. The summed E-state index contributed by atoms with van der Waals surface area (Å²) in [6.07, 6.45) is 7.59. The van der Waals surface area contributed by atoms with Gasteiger partial charge in [0.25, 0.3) is 0 Å². The first kappa shape index (κ1) is 22.0. The molecule has 2 aliphatic heterocycles. The summed E-state index contributed by atoms with van der Waals surface area (Å²) in [5.41, 5.74) is 10.9. The van der Waals surface area contributed by atoms with Gasteiger partial charge in [-0.1, -0.05) is 38.0 Å². The van der Waals surface area contributed by atoms with Crippen molar-refractivity contribution in [2.24, 2.45) is 0 Å². The molecule has 7 nitrogen and oxygen atoms in total. The smallest absolute Gasteiger partial charge is 0.222 e. The highest BCUT2D eigenvalue weighted by Gasteiger charge is 2.22. The van der Waals surface area contributed by atoms with Gasteiger partial charge in [0.15, 0.2) is 0 Å². The lowest BCUT2D eigenvalue weighted by Crippen LogP contribution is -2.44. The summed E-state index contributed by atoms with van der Waals surface area (Å²) in [5, 5.41) is 3.71. The molecule has 0 bridgehead atoms. The largest absolute Gasteiger partial charge is 0.369 e. The molecule has 7 heteroatoms. The zero-order valence-electron chi connectivity index (χ0n) is 19.9. The molecular weight excluding hydrogens is 410 g/mol. The molecule has 1 aromatic carbocycles. The van der Waals surface area contributed by atoms with Gasteiger partial charge < -0.3 is 25.8 Å². The first-order valence-electron chi connectivity index (χ1n) is 12.5. The number of hydrogen-bond donors (Lipinski definition) is 2. The van der Waals surface area contributed by atoms with E-state index in [2.05, 4.69) is 67.9 Å². The minimum absolute atomic E-state index is 0.339. The van der Waals surface area contributed by atoms with Crippen LogP contribution in [-0.2, 0) is 13.0 Å². The van der Waals surface area contributed by atoms with E-state index in [1.54, 1.807) is 0 Å². The number of likely N-dealkylation sites (N-methyl/N-ethyl adjacent to an activating group) is 1. The van der Waals surface area contributed by atoms with Crippen molar-refractivity contribution in [1.29, 1.82) is 0 Å². The molecule has 0 radical (unpaired) electrons. The number of fused-ring (bicyclic) bond motifs is 1. The summed E-state index contributed by atoms with van der Waals surface area (Å²) in [4.78, 5) is 16.2. The van der Waals surface area contributed by atoms with Crippen molar-refractivity contribution >= 4 is 11.8 Å². The summed E-state index contributed by atoms with van der Waals surface area (Å²) in [5.74, 6) is 2.34. The van der Waals surface area contributed by atoms with Gasteiger partial charge >= 0.3 is 0 Å². The van der Waals surface area contributed by atoms with Crippen molar-refractivity contribution in [3.05, 3.63) is 47.8 Å². The van der Waals surface area contributed by atoms with Gasteiger partial charge in [0.05, 0.1) is 11.5 Å². The Balaban J connectivity index is 1.32. The number of nitrogens with two attached hydrogens (primary N) is 1. The van der Waals surface area contributed by atoms with Gasteiger partial charge in [0.1, 0.15) is 5.82 Å². The van der Waals surface area contributed by atoms with Crippen LogP contribution in [0.4, 0.5) is 11.8 Å². The van der Waals surface area contributed by atoms with Gasteiger partial charge in [-0.2, -0.15) is 4.98 Å². The Morgan fingerprint density at radius 2 is 1.79 bits per heavy atom. The Morgan fingerprint density at radius 3 is 2.58 bits per heavy atom. The van der Waals surface area contributed by atoms with Crippen molar-refractivity contribution in [2.45, 2.75) is 51.1 Å². The third kappa shape index (κ3) is 5.08. The average Bonchev–Trinajstić information content (AvgIpc) is 2.84. The number of piperazine rings is 1. The second-order valence-electron chi connectivity index (χ2n) is 9.84. The number of nitrogens with one attached hydrogen (secondary N) is 1. The predicted octanol–water partition coefficient (Wildman–Crippen LogP) is 3.23. The van der Waals surface area contributed by atoms with Crippen LogP contribution in [0.2, 0.25) is 0 Å². The van der Waals surface area contributed by atoms with Crippen LogP contribution in [0.1, 0.15) is 43.2 Å². The summed E-state index contributed by atoms with van der Waals surface area (Å²) in [6, 6.07) is 9.39. The molecule has 0 amide bonds. The third-order valence-corrected chi connectivity index (χ3v) is 7.43. The molecule has 2 aromatic rings. The number of aromatic nitrogens is 2. The summed E-state index contributed by atoms with van der Waals surface area (Å²) < 4.78 is 0. The second kappa shape index (κ2) is 9.59. The van der Waals surface area contributed by atoms with Crippen LogP contribution in [0.25, 0.3) is 11.3 Å². The number of nitrogen functional groups attached to an aromatic ring is 1. The standard InChI is InChI=1S/C26H37N7/c1-19(28-23-6-4-3-5-7-23)33-11-10-20-8-9-21(16-22(20)18-33)24-17-25(30-26(27)29-24)32-14-12-31(2)13-15-32/h8-9,16-17,23,28H,1,3-7,10-15,18H2,2H3,(H2,27,29,30). The first-order chi connectivity index (χ1) is 16.0. The topological polar surface area (TPSA) is 73.5 Å². The van der Waals surface area contributed by atoms with E-state index in [9.17, 15) is 0 Å². The molecule has 3 N–H and O–H groups in total. The molecule has 0 spiro atoms. The van der Waals surface area contributed by atoms with Crippen LogP contribution in [0.3, 0.4) is 0 Å². The molecular formula is C26H37N7. The minimum Gasteiger partial charge on any atom is -0.369 e. The second-order valence-corrected chi connectivity index (χ2v) is 9.84. The number of nitrogens with zero attached hydrogens (tertiary/aromatic N) is 5. The van der Waals surface area contributed by atoms with Crippen LogP contribution in [0.15, 0.2) is 36.7 Å². The number of anilines is 2. The quantitative estimate of drug-likeness (QED) is 0.729. The first-order valence-corrected chi connectivity index (χ1v) is 12.5. The summed E-state index contributed by atoms with van der Waals surface area (Å²) in [7, 11) is 2.16. The lowest BCUT2D eigenvalue weighted by atomic mass is 9.95. The fourth-order valence-electron chi connectivity index (χ4n) is 5.32. The van der Waals surface area contributed by atoms with Gasteiger partial charge in [-0.3, -0.25) is 0 Å². The molecule has 5 rings (SSSR count). The number of rotatable bonds is 5. The van der Waals surface area contributed by atoms with E-state index in [1.807, 2.05) is 0 Å². The van der Waals surface area contributed by atoms with E-state index in [0.717, 1.165) is 68.6 Å². The molecule has 2 fully saturated rings. The fourth-order valence-corrected chi connectivity index (χ4v) is 5.32. The van der Waals surface area contributed by atoms with Crippen LogP contribution >= 0.6 is 0 Å². The molecule has 0 unspecified atom stereocenters. The van der Waals surface area contributed by atoms with Gasteiger partial charge in [-0.05, 0) is 43.5 Å². The Labute approximate surface area is 197 Å². The van der Waals surface area contributed by atoms with Crippen LogP contribution in [0.5, 0.6) is 0 Å². The monoisotopic (exact) mass is 447 g/mol. The Bertz CT molecular complexity index is 990. The number of benzene rings is 1. The van der Waals surface area contributed by atoms with Crippen LogP contribution in [-0.4, -0.2) is 65.6 Å². The molecule has 1 saturated heterocycles. The maximum Gasteiger partial charge on any atom is 0.222 e. The van der Waals surface area contributed by atoms with Crippen LogP contribution in [0, 0.1) is 0 Å². The lowest BCUT2D eigenvalue weighted by Gasteiger charge is -2.35. The van der Waals surface area contributed by atoms with E-state index in [0.29, 0.717) is 12.0 Å². The van der Waals surface area contributed by atoms with E-state index >= 15 is 0 Å². The molecule has 1 saturated carbocycles. The predicted molar refractivity (Wildman–Crippen MR) is 135 cm³/mol. The highest BCUT2D eigenvalue weighted by Crippen LogP contribution is 2.29. The van der Waals surface area contributed by atoms with Crippen molar-refractivity contribution in [3.8, 4) is 11.3 Å². The van der Waals surface area contributed by atoms with Gasteiger partial charge in [-0.25, -0.2) is 4.98 Å². The molecule has 1 aliphatic carbocycles. The third-order valence-electron chi connectivity index (χ3n) is 7.43. The zero-order valence-corrected chi connectivity index (χ0v) is 19.9. The average molecular weight is 448 g/mol.